The minimum atomic E-state index is -0.833. The summed E-state index contributed by atoms with van der Waals surface area (Å²) in [6.45, 7) is 0.538. The zero-order valence-electron chi connectivity index (χ0n) is 8.99. The number of carbonyl (C=O) groups is 3. The van der Waals surface area contributed by atoms with E-state index in [1.54, 1.807) is 0 Å². The Morgan fingerprint density at radius 1 is 1.53 bits per heavy atom. The third kappa shape index (κ3) is 5.04. The molecule has 0 aromatic carbocycles. The molecule has 0 saturated carbocycles. The summed E-state index contributed by atoms with van der Waals surface area (Å²) >= 11 is -0.833. The molecule has 1 aliphatic rings. The second kappa shape index (κ2) is 7.11. The number of cyclic esters (lactones) is 2. The van der Waals surface area contributed by atoms with Crippen LogP contribution in [0, 0.1) is 10.4 Å². The SMILES string of the molecule is C#C[I-]C(=O)NCCCCC1NC(=O)OC1=O. The number of hydrogen-bond donors (Lipinski definition) is 2. The van der Waals surface area contributed by atoms with E-state index >= 15 is 0 Å². The second-order valence-corrected chi connectivity index (χ2v) is 5.45. The summed E-state index contributed by atoms with van der Waals surface area (Å²) in [5.74, 6) is -0.530. The van der Waals surface area contributed by atoms with Crippen LogP contribution in [0.15, 0.2) is 0 Å². The number of unbranched alkanes of at least 4 members (excludes halogenated alkanes) is 1. The molecule has 0 aromatic rings. The van der Waals surface area contributed by atoms with Gasteiger partial charge in [0.25, 0.3) is 0 Å². The molecule has 1 atom stereocenters. The van der Waals surface area contributed by atoms with Crippen molar-refractivity contribution < 1.29 is 40.3 Å². The number of rotatable bonds is 6. The summed E-state index contributed by atoms with van der Waals surface area (Å²) in [6, 6.07) is -0.545. The first kappa shape index (κ1) is 13.8. The number of hydrogen-bond acceptors (Lipinski definition) is 4. The molecular formula is C10H12IN2O4-. The van der Waals surface area contributed by atoms with Crippen molar-refractivity contribution in [3.8, 4) is 10.4 Å². The average Bonchev–Trinajstić information content (AvgIpc) is 2.57. The van der Waals surface area contributed by atoms with Crippen LogP contribution in [-0.2, 0) is 9.53 Å². The fourth-order valence-electron chi connectivity index (χ4n) is 1.33. The van der Waals surface area contributed by atoms with Gasteiger partial charge in [0, 0.05) is 0 Å². The number of halogens is 1. The predicted octanol–water partition coefficient (Wildman–Crippen LogP) is -2.82. The summed E-state index contributed by atoms with van der Waals surface area (Å²) < 4.78 is 6.61. The Hall–Kier alpha value is -1.30. The molecule has 1 unspecified atom stereocenters. The van der Waals surface area contributed by atoms with E-state index in [1.807, 2.05) is 0 Å². The van der Waals surface area contributed by atoms with Crippen molar-refractivity contribution in [1.82, 2.24) is 10.6 Å². The fraction of sp³-hybridized carbons (Fsp3) is 0.500. The van der Waals surface area contributed by atoms with Crippen LogP contribution < -0.4 is 31.8 Å². The molecule has 0 bridgehead atoms. The molecule has 7 heteroatoms. The first-order valence-corrected chi connectivity index (χ1v) is 7.18. The maximum atomic E-state index is 11.0. The van der Waals surface area contributed by atoms with E-state index in [0.717, 1.165) is 6.42 Å². The molecule has 0 aliphatic carbocycles. The monoisotopic (exact) mass is 351 g/mol. The predicted molar refractivity (Wildman–Crippen MR) is 54.5 cm³/mol. The van der Waals surface area contributed by atoms with Crippen molar-refractivity contribution in [2.24, 2.45) is 0 Å². The second-order valence-electron chi connectivity index (χ2n) is 3.31. The van der Waals surface area contributed by atoms with E-state index in [4.69, 9.17) is 6.42 Å². The molecule has 1 fully saturated rings. The number of amides is 2. The van der Waals surface area contributed by atoms with Crippen LogP contribution in [0.25, 0.3) is 0 Å². The zero-order valence-corrected chi connectivity index (χ0v) is 11.2. The Balaban J connectivity index is 2.05. The van der Waals surface area contributed by atoms with Gasteiger partial charge in [0.1, 0.15) is 0 Å². The van der Waals surface area contributed by atoms with Crippen molar-refractivity contribution >= 4 is 16.0 Å². The number of terminal acetylenes is 1. The number of alkyl carbamates (subject to hydrolysis) is 1. The van der Waals surface area contributed by atoms with Gasteiger partial charge in [0.2, 0.25) is 0 Å². The van der Waals surface area contributed by atoms with Crippen LogP contribution in [0.2, 0.25) is 0 Å². The van der Waals surface area contributed by atoms with Crippen LogP contribution >= 0.6 is 0 Å². The number of ether oxygens (including phenoxy) is 1. The van der Waals surface area contributed by atoms with E-state index in [1.165, 1.54) is 0 Å². The zero-order chi connectivity index (χ0) is 12.7. The third-order valence-corrected chi connectivity index (χ3v) is 3.28. The normalized spacial score (nSPS) is 18.4. The van der Waals surface area contributed by atoms with Gasteiger partial charge in [-0.25, -0.2) is 0 Å². The van der Waals surface area contributed by atoms with Crippen molar-refractivity contribution in [3.63, 3.8) is 0 Å². The molecular weight excluding hydrogens is 339 g/mol. The van der Waals surface area contributed by atoms with Crippen molar-refractivity contribution in [2.45, 2.75) is 25.3 Å². The third-order valence-electron chi connectivity index (χ3n) is 2.09. The summed E-state index contributed by atoms with van der Waals surface area (Å²) in [6.07, 6.45) is 6.30. The molecule has 0 radical (unpaired) electrons. The maximum absolute atomic E-state index is 11.0. The van der Waals surface area contributed by atoms with Crippen LogP contribution in [0.4, 0.5) is 9.59 Å². The van der Waals surface area contributed by atoms with Crippen LogP contribution in [0.3, 0.4) is 0 Å². The number of esters is 1. The van der Waals surface area contributed by atoms with Gasteiger partial charge in [-0.05, 0) is 0 Å². The quantitative estimate of drug-likeness (QED) is 0.103. The molecule has 1 rings (SSSR count). The van der Waals surface area contributed by atoms with Gasteiger partial charge in [0.05, 0.1) is 0 Å². The Labute approximate surface area is 109 Å². The molecule has 0 spiro atoms. The standard InChI is InChI=1S/C10H12IN2O4/c1-2-11-9(15)12-6-4-3-5-7-8(14)17-10(16)13-7/h1,7H,3-6H2,(H,12,15)(H,13,16)/q-1. The van der Waals surface area contributed by atoms with Gasteiger partial charge in [-0.1, -0.05) is 0 Å². The Morgan fingerprint density at radius 3 is 2.88 bits per heavy atom. The molecule has 1 aliphatic heterocycles. The molecule has 2 amide bonds. The van der Waals surface area contributed by atoms with Crippen molar-refractivity contribution in [3.05, 3.63) is 0 Å². The molecule has 17 heavy (non-hydrogen) atoms. The van der Waals surface area contributed by atoms with E-state index in [-0.39, 0.29) is 3.91 Å². The van der Waals surface area contributed by atoms with Gasteiger partial charge in [-0.3, -0.25) is 0 Å². The molecule has 1 heterocycles. The number of carbonyl (C=O) groups excluding carboxylic acids is 3. The van der Waals surface area contributed by atoms with Gasteiger partial charge in [0.15, 0.2) is 0 Å². The topological polar surface area (TPSA) is 84.5 Å². The van der Waals surface area contributed by atoms with Crippen molar-refractivity contribution in [1.29, 1.82) is 0 Å². The van der Waals surface area contributed by atoms with E-state index in [9.17, 15) is 14.4 Å². The summed E-state index contributed by atoms with van der Waals surface area (Å²) in [4.78, 5) is 32.8. The van der Waals surface area contributed by atoms with E-state index in [2.05, 4.69) is 19.3 Å². The van der Waals surface area contributed by atoms with E-state index in [0.29, 0.717) is 19.4 Å². The molecule has 94 valence electrons. The fourth-order valence-corrected chi connectivity index (χ4v) is 2.07. The van der Waals surface area contributed by atoms with Gasteiger partial charge < -0.3 is 0 Å². The Morgan fingerprint density at radius 2 is 2.29 bits per heavy atom. The van der Waals surface area contributed by atoms with Gasteiger partial charge in [-0.15, -0.1) is 0 Å². The Bertz CT molecular complexity index is 364. The summed E-state index contributed by atoms with van der Waals surface area (Å²) in [5, 5.41) is 5.10. The van der Waals surface area contributed by atoms with E-state index < -0.39 is 39.3 Å². The molecule has 6 nitrogen and oxygen atoms in total. The minimum absolute atomic E-state index is 0.0696. The molecule has 2 N–H and O–H groups in total. The molecule has 1 saturated heterocycles. The van der Waals surface area contributed by atoms with Gasteiger partial charge in [-0.2, -0.15) is 0 Å². The average molecular weight is 351 g/mol. The first-order valence-electron chi connectivity index (χ1n) is 5.03. The van der Waals surface area contributed by atoms with Crippen molar-refractivity contribution in [2.75, 3.05) is 6.54 Å². The first-order chi connectivity index (χ1) is 8.13. The van der Waals surface area contributed by atoms with Gasteiger partial charge >= 0.3 is 109 Å². The van der Waals surface area contributed by atoms with Crippen LogP contribution in [0.1, 0.15) is 19.3 Å². The summed E-state index contributed by atoms with van der Waals surface area (Å²) in [5.41, 5.74) is 0. The summed E-state index contributed by atoms with van der Waals surface area (Å²) in [7, 11) is 0. The number of nitrogens with one attached hydrogen (secondary N) is 2. The van der Waals surface area contributed by atoms with Crippen LogP contribution in [-0.4, -0.2) is 28.6 Å². The molecule has 0 aromatic heterocycles. The Kier molecular flexibility index (Phi) is 5.76. The van der Waals surface area contributed by atoms with Crippen LogP contribution in [0.5, 0.6) is 0 Å².